The van der Waals surface area contributed by atoms with Crippen molar-refractivity contribution in [3.63, 3.8) is 0 Å². The van der Waals surface area contributed by atoms with Crippen LogP contribution in [0.4, 0.5) is 0 Å². The highest BCUT2D eigenvalue weighted by Gasteiger charge is 2.56. The van der Waals surface area contributed by atoms with Crippen LogP contribution in [0.25, 0.3) is 0 Å². The van der Waals surface area contributed by atoms with E-state index in [-0.39, 0.29) is 16.9 Å². The molecule has 0 unspecified atom stereocenters. The average Bonchev–Trinajstić information content (AvgIpc) is 2.50. The van der Waals surface area contributed by atoms with Crippen LogP contribution in [0.2, 0.25) is 0 Å². The maximum atomic E-state index is 10.7. The molecule has 1 fully saturated rings. The monoisotopic (exact) mass is 230 g/mol. The first kappa shape index (κ1) is 11.3. The van der Waals surface area contributed by atoms with Crippen LogP contribution in [0.3, 0.4) is 0 Å². The van der Waals surface area contributed by atoms with Crippen molar-refractivity contribution in [1.82, 2.24) is 0 Å². The van der Waals surface area contributed by atoms with Crippen molar-refractivity contribution in [2.45, 2.75) is 51.6 Å². The molecule has 1 aromatic rings. The standard InChI is InChI=1S/C16H22O/c1-15(2)9-6-10-16(3)12-8-5-4-7-11(12)13(17)14(15)16/h4-5,7-8,13-14,17H,6,9-10H2,1-3H3/t13-,14-,16-/m0/s1. The Hall–Kier alpha value is -0.820. The maximum Gasteiger partial charge on any atom is 0.0834 e. The quantitative estimate of drug-likeness (QED) is 0.718. The zero-order valence-electron chi connectivity index (χ0n) is 11.0. The molecule has 0 aliphatic heterocycles. The Balaban J connectivity index is 2.19. The number of aliphatic hydroxyl groups is 1. The van der Waals surface area contributed by atoms with E-state index in [9.17, 15) is 5.11 Å². The van der Waals surface area contributed by atoms with E-state index in [0.29, 0.717) is 5.92 Å². The van der Waals surface area contributed by atoms with E-state index in [1.54, 1.807) is 0 Å². The van der Waals surface area contributed by atoms with Crippen molar-refractivity contribution in [2.75, 3.05) is 0 Å². The molecule has 0 spiro atoms. The minimum atomic E-state index is -0.272. The summed E-state index contributed by atoms with van der Waals surface area (Å²) in [4.78, 5) is 0. The van der Waals surface area contributed by atoms with Gasteiger partial charge < -0.3 is 5.11 Å². The van der Waals surface area contributed by atoms with Crippen LogP contribution in [-0.2, 0) is 5.41 Å². The zero-order valence-corrected chi connectivity index (χ0v) is 11.0. The molecule has 3 rings (SSSR count). The highest BCUT2D eigenvalue weighted by molar-refractivity contribution is 5.43. The molecule has 1 N–H and O–H groups in total. The van der Waals surface area contributed by atoms with Crippen LogP contribution >= 0.6 is 0 Å². The predicted molar refractivity (Wildman–Crippen MR) is 69.9 cm³/mol. The van der Waals surface area contributed by atoms with Gasteiger partial charge in [-0.2, -0.15) is 0 Å². The summed E-state index contributed by atoms with van der Waals surface area (Å²) in [6.45, 7) is 7.00. The van der Waals surface area contributed by atoms with Gasteiger partial charge in [0, 0.05) is 5.92 Å². The average molecular weight is 230 g/mol. The Morgan fingerprint density at radius 3 is 2.59 bits per heavy atom. The van der Waals surface area contributed by atoms with Crippen molar-refractivity contribution < 1.29 is 5.11 Å². The summed E-state index contributed by atoms with van der Waals surface area (Å²) in [5, 5.41) is 10.7. The Labute approximate surface area is 104 Å². The Morgan fingerprint density at radius 1 is 1.12 bits per heavy atom. The van der Waals surface area contributed by atoms with Gasteiger partial charge in [0.2, 0.25) is 0 Å². The molecule has 3 atom stereocenters. The molecule has 1 nitrogen and oxygen atoms in total. The van der Waals surface area contributed by atoms with Gasteiger partial charge in [-0.15, -0.1) is 0 Å². The summed E-state index contributed by atoms with van der Waals surface area (Å²) >= 11 is 0. The minimum absolute atomic E-state index is 0.178. The Kier molecular flexibility index (Phi) is 2.22. The van der Waals surface area contributed by atoms with Crippen LogP contribution in [0.15, 0.2) is 24.3 Å². The smallest absolute Gasteiger partial charge is 0.0834 e. The molecule has 0 saturated heterocycles. The molecule has 2 aliphatic carbocycles. The van der Waals surface area contributed by atoms with E-state index in [2.05, 4.69) is 45.0 Å². The second-order valence-corrected chi connectivity index (χ2v) is 6.77. The molecule has 0 aromatic heterocycles. The molecule has 2 aliphatic rings. The fraction of sp³-hybridized carbons (Fsp3) is 0.625. The van der Waals surface area contributed by atoms with Gasteiger partial charge in [-0.1, -0.05) is 51.5 Å². The number of rotatable bonds is 0. The lowest BCUT2D eigenvalue weighted by Crippen LogP contribution is -2.43. The van der Waals surface area contributed by atoms with Crippen molar-refractivity contribution in [1.29, 1.82) is 0 Å². The lowest BCUT2D eigenvalue weighted by Gasteiger charge is -2.48. The topological polar surface area (TPSA) is 20.2 Å². The molecule has 92 valence electrons. The minimum Gasteiger partial charge on any atom is -0.388 e. The Bertz CT molecular complexity index is 449. The molecule has 1 aromatic carbocycles. The number of benzene rings is 1. The molecule has 0 bridgehead atoms. The largest absolute Gasteiger partial charge is 0.388 e. The Morgan fingerprint density at radius 2 is 1.82 bits per heavy atom. The SMILES string of the molecule is CC1(C)CCC[C@@]2(C)c3ccccc3[C@H](O)[C@@H]12. The van der Waals surface area contributed by atoms with Crippen molar-refractivity contribution >= 4 is 0 Å². The van der Waals surface area contributed by atoms with Gasteiger partial charge in [-0.3, -0.25) is 0 Å². The molecule has 0 radical (unpaired) electrons. The van der Waals surface area contributed by atoms with Crippen molar-refractivity contribution in [2.24, 2.45) is 11.3 Å². The summed E-state index contributed by atoms with van der Waals surface area (Å²) in [7, 11) is 0. The van der Waals surface area contributed by atoms with E-state index in [1.807, 2.05) is 0 Å². The van der Waals surface area contributed by atoms with E-state index in [0.717, 1.165) is 0 Å². The summed E-state index contributed by atoms with van der Waals surface area (Å²) in [6, 6.07) is 8.50. The summed E-state index contributed by atoms with van der Waals surface area (Å²) < 4.78 is 0. The number of hydrogen-bond donors (Lipinski definition) is 1. The fourth-order valence-electron chi connectivity index (χ4n) is 4.62. The van der Waals surface area contributed by atoms with E-state index in [4.69, 9.17) is 0 Å². The third kappa shape index (κ3) is 1.35. The molecule has 1 heteroatoms. The molecule has 0 amide bonds. The van der Waals surface area contributed by atoms with Gasteiger partial charge in [0.1, 0.15) is 0 Å². The highest BCUT2D eigenvalue weighted by atomic mass is 16.3. The van der Waals surface area contributed by atoms with E-state index < -0.39 is 0 Å². The molecular weight excluding hydrogens is 208 g/mol. The van der Waals surface area contributed by atoms with Crippen LogP contribution in [0, 0.1) is 11.3 Å². The van der Waals surface area contributed by atoms with Gasteiger partial charge in [0.05, 0.1) is 6.10 Å². The lowest BCUT2D eigenvalue weighted by molar-refractivity contribution is -0.0272. The summed E-state index contributed by atoms with van der Waals surface area (Å²) in [6.07, 6.45) is 3.46. The first-order valence-corrected chi connectivity index (χ1v) is 6.74. The van der Waals surface area contributed by atoms with E-state index in [1.165, 1.54) is 30.4 Å². The molecular formula is C16H22O. The normalized spacial score (nSPS) is 38.6. The van der Waals surface area contributed by atoms with Crippen molar-refractivity contribution in [3.8, 4) is 0 Å². The number of hydrogen-bond acceptors (Lipinski definition) is 1. The van der Waals surface area contributed by atoms with Gasteiger partial charge in [-0.05, 0) is 34.8 Å². The third-order valence-electron chi connectivity index (χ3n) is 5.26. The summed E-state index contributed by atoms with van der Waals surface area (Å²) in [5.74, 6) is 0.376. The molecule has 0 heterocycles. The fourth-order valence-corrected chi connectivity index (χ4v) is 4.62. The van der Waals surface area contributed by atoms with Gasteiger partial charge in [0.15, 0.2) is 0 Å². The van der Waals surface area contributed by atoms with E-state index >= 15 is 0 Å². The number of fused-ring (bicyclic) bond motifs is 3. The van der Waals surface area contributed by atoms with Gasteiger partial charge >= 0.3 is 0 Å². The van der Waals surface area contributed by atoms with Gasteiger partial charge in [-0.25, -0.2) is 0 Å². The third-order valence-corrected chi connectivity index (χ3v) is 5.26. The van der Waals surface area contributed by atoms with Gasteiger partial charge in [0.25, 0.3) is 0 Å². The molecule has 17 heavy (non-hydrogen) atoms. The predicted octanol–water partition coefficient (Wildman–Crippen LogP) is 3.82. The second-order valence-electron chi connectivity index (χ2n) is 6.77. The van der Waals surface area contributed by atoms with Crippen LogP contribution in [-0.4, -0.2) is 5.11 Å². The maximum absolute atomic E-state index is 10.7. The highest BCUT2D eigenvalue weighted by Crippen LogP contribution is 2.62. The number of aliphatic hydroxyl groups excluding tert-OH is 1. The zero-order chi connectivity index (χ0) is 12.3. The van der Waals surface area contributed by atoms with Crippen LogP contribution in [0.5, 0.6) is 0 Å². The molecule has 1 saturated carbocycles. The second kappa shape index (κ2) is 3.35. The van der Waals surface area contributed by atoms with Crippen LogP contribution < -0.4 is 0 Å². The lowest BCUT2D eigenvalue weighted by atomic mass is 9.56. The summed E-state index contributed by atoms with van der Waals surface area (Å²) in [5.41, 5.74) is 2.99. The van der Waals surface area contributed by atoms with Crippen LogP contribution in [0.1, 0.15) is 57.3 Å². The first-order valence-electron chi connectivity index (χ1n) is 6.74. The van der Waals surface area contributed by atoms with Crippen molar-refractivity contribution in [3.05, 3.63) is 35.4 Å². The first-order chi connectivity index (χ1) is 7.97.